The predicted octanol–water partition coefficient (Wildman–Crippen LogP) is 3.76. The maximum absolute atomic E-state index is 13.3. The number of ketones is 1. The van der Waals surface area contributed by atoms with Gasteiger partial charge in [-0.25, -0.2) is 0 Å². The van der Waals surface area contributed by atoms with Crippen LogP contribution in [0, 0.1) is 0 Å². The summed E-state index contributed by atoms with van der Waals surface area (Å²) in [5.41, 5.74) is 8.32. The molecule has 2 unspecified atom stereocenters. The topological polar surface area (TPSA) is 122 Å². The summed E-state index contributed by atoms with van der Waals surface area (Å²) in [4.78, 5) is 28.5. The van der Waals surface area contributed by atoms with Crippen LogP contribution in [0.3, 0.4) is 0 Å². The molecule has 0 spiro atoms. The SMILES string of the molecule is COc1cc(C(=O)CCCN2CCC(NC(=O)c3cc(Cl)c(N)c4c3OCCC4)C(OC)C2)cc(OC)c1OC. The van der Waals surface area contributed by atoms with Gasteiger partial charge in [-0.3, -0.25) is 9.59 Å². The lowest BCUT2D eigenvalue weighted by Crippen LogP contribution is -2.55. The Morgan fingerprint density at radius 3 is 2.50 bits per heavy atom. The molecular formula is C29H38ClN3O7. The number of nitrogens with two attached hydrogens (primary N) is 1. The minimum absolute atomic E-state index is 0.00240. The van der Waals surface area contributed by atoms with E-state index in [-0.39, 0.29) is 23.8 Å². The summed E-state index contributed by atoms with van der Waals surface area (Å²) in [7, 11) is 6.22. The Morgan fingerprint density at radius 1 is 1.12 bits per heavy atom. The van der Waals surface area contributed by atoms with E-state index in [0.29, 0.717) is 77.2 Å². The highest BCUT2D eigenvalue weighted by atomic mass is 35.5. The van der Waals surface area contributed by atoms with Crippen molar-refractivity contribution in [1.29, 1.82) is 0 Å². The van der Waals surface area contributed by atoms with Crippen molar-refractivity contribution in [3.63, 3.8) is 0 Å². The molecule has 1 fully saturated rings. The number of amides is 1. The van der Waals surface area contributed by atoms with Crippen LogP contribution in [-0.4, -0.2) is 83.4 Å². The van der Waals surface area contributed by atoms with Crippen LogP contribution in [0.1, 0.15) is 52.0 Å². The number of carbonyl (C=O) groups excluding carboxylic acids is 2. The molecule has 11 heteroatoms. The van der Waals surface area contributed by atoms with Crippen LogP contribution in [0.2, 0.25) is 5.02 Å². The molecule has 2 atom stereocenters. The van der Waals surface area contributed by atoms with Crippen molar-refractivity contribution in [3.05, 3.63) is 39.9 Å². The van der Waals surface area contributed by atoms with E-state index in [1.807, 2.05) is 0 Å². The zero-order chi connectivity index (χ0) is 28.8. The molecule has 2 aromatic rings. The lowest BCUT2D eigenvalue weighted by molar-refractivity contribution is 0.00604. The first-order valence-electron chi connectivity index (χ1n) is 13.4. The van der Waals surface area contributed by atoms with E-state index in [1.54, 1.807) is 25.3 Å². The van der Waals surface area contributed by atoms with Crippen molar-refractivity contribution in [2.24, 2.45) is 0 Å². The van der Waals surface area contributed by atoms with Gasteiger partial charge >= 0.3 is 0 Å². The predicted molar refractivity (Wildman–Crippen MR) is 152 cm³/mol. The molecule has 3 N–H and O–H groups in total. The lowest BCUT2D eigenvalue weighted by atomic mass is 9.97. The zero-order valence-corrected chi connectivity index (χ0v) is 24.3. The van der Waals surface area contributed by atoms with Crippen LogP contribution < -0.4 is 30.0 Å². The number of anilines is 1. The van der Waals surface area contributed by atoms with Gasteiger partial charge in [-0.15, -0.1) is 0 Å². The largest absolute Gasteiger partial charge is 0.493 e. The normalized spacial score (nSPS) is 18.8. The van der Waals surface area contributed by atoms with E-state index in [2.05, 4.69) is 10.2 Å². The number of hydrogen-bond acceptors (Lipinski definition) is 9. The van der Waals surface area contributed by atoms with Crippen molar-refractivity contribution >= 4 is 29.0 Å². The van der Waals surface area contributed by atoms with E-state index < -0.39 is 0 Å². The number of halogens is 1. The Kier molecular flexibility index (Phi) is 9.99. The summed E-state index contributed by atoms with van der Waals surface area (Å²) in [6.45, 7) is 2.66. The van der Waals surface area contributed by atoms with Gasteiger partial charge in [-0.2, -0.15) is 0 Å². The molecule has 2 aromatic carbocycles. The molecule has 0 bridgehead atoms. The summed E-state index contributed by atoms with van der Waals surface area (Å²) in [6.07, 6.45) is 3.10. The average molecular weight is 576 g/mol. The number of carbonyl (C=O) groups is 2. The molecule has 0 saturated carbocycles. The van der Waals surface area contributed by atoms with Crippen molar-refractivity contribution in [3.8, 4) is 23.0 Å². The highest BCUT2D eigenvalue weighted by Crippen LogP contribution is 2.39. The van der Waals surface area contributed by atoms with Crippen LogP contribution in [0.5, 0.6) is 23.0 Å². The smallest absolute Gasteiger partial charge is 0.255 e. The molecule has 0 aliphatic carbocycles. The minimum Gasteiger partial charge on any atom is -0.493 e. The van der Waals surface area contributed by atoms with Crippen LogP contribution in [0.25, 0.3) is 0 Å². The second-order valence-electron chi connectivity index (χ2n) is 9.96. The number of ether oxygens (including phenoxy) is 5. The molecule has 218 valence electrons. The van der Waals surface area contributed by atoms with Gasteiger partial charge in [0.15, 0.2) is 17.3 Å². The molecule has 4 rings (SSSR count). The third kappa shape index (κ3) is 6.40. The summed E-state index contributed by atoms with van der Waals surface area (Å²) in [6, 6.07) is 4.76. The second kappa shape index (κ2) is 13.4. The van der Waals surface area contributed by atoms with Gasteiger partial charge in [0.25, 0.3) is 5.91 Å². The Balaban J connectivity index is 1.33. The van der Waals surface area contributed by atoms with Crippen molar-refractivity contribution in [1.82, 2.24) is 10.2 Å². The van der Waals surface area contributed by atoms with Gasteiger partial charge < -0.3 is 39.6 Å². The number of hydrogen-bond donors (Lipinski definition) is 2. The first kappa shape index (κ1) is 29.8. The Labute approximate surface area is 240 Å². The molecule has 0 radical (unpaired) electrons. The number of nitrogen functional groups attached to an aromatic ring is 1. The van der Waals surface area contributed by atoms with E-state index >= 15 is 0 Å². The maximum Gasteiger partial charge on any atom is 0.255 e. The summed E-state index contributed by atoms with van der Waals surface area (Å²) in [5.74, 6) is 1.62. The summed E-state index contributed by atoms with van der Waals surface area (Å²) in [5, 5.41) is 3.48. The van der Waals surface area contributed by atoms with E-state index in [9.17, 15) is 9.59 Å². The fraction of sp³-hybridized carbons (Fsp3) is 0.517. The fourth-order valence-corrected chi connectivity index (χ4v) is 5.61. The lowest BCUT2D eigenvalue weighted by Gasteiger charge is -2.38. The maximum atomic E-state index is 13.3. The molecule has 10 nitrogen and oxygen atoms in total. The first-order chi connectivity index (χ1) is 19.3. The highest BCUT2D eigenvalue weighted by Gasteiger charge is 2.32. The Hall–Kier alpha value is -3.21. The molecule has 40 heavy (non-hydrogen) atoms. The van der Waals surface area contributed by atoms with Gasteiger partial charge in [0.2, 0.25) is 5.75 Å². The van der Waals surface area contributed by atoms with E-state index in [1.165, 1.54) is 21.3 Å². The number of benzene rings is 2. The third-order valence-corrected chi connectivity index (χ3v) is 7.87. The number of nitrogens with one attached hydrogen (secondary N) is 1. The first-order valence-corrected chi connectivity index (χ1v) is 13.8. The number of piperidine rings is 1. The van der Waals surface area contributed by atoms with Crippen LogP contribution in [0.4, 0.5) is 5.69 Å². The second-order valence-corrected chi connectivity index (χ2v) is 10.4. The number of methoxy groups -OCH3 is 4. The third-order valence-electron chi connectivity index (χ3n) is 7.56. The quantitative estimate of drug-likeness (QED) is 0.305. The van der Waals surface area contributed by atoms with Crippen molar-refractivity contribution in [2.45, 2.75) is 44.2 Å². The monoisotopic (exact) mass is 575 g/mol. The van der Waals surface area contributed by atoms with Crippen LogP contribution in [-0.2, 0) is 11.2 Å². The summed E-state index contributed by atoms with van der Waals surface area (Å²) < 4.78 is 27.7. The molecule has 2 heterocycles. The standard InChI is InChI=1S/C29H38ClN3O7/c1-36-23-13-17(14-24(37-2)28(23)39-4)22(34)8-5-10-33-11-9-21(25(16-33)38-3)32-29(35)19-15-20(30)26(31)18-7-6-12-40-27(18)19/h13-15,21,25H,5-12,16,31H2,1-4H3,(H,32,35). The van der Waals surface area contributed by atoms with Crippen LogP contribution >= 0.6 is 11.6 Å². The number of nitrogens with zero attached hydrogens (tertiary/aromatic N) is 1. The average Bonchev–Trinajstić information content (AvgIpc) is 2.98. The number of rotatable bonds is 11. The van der Waals surface area contributed by atoms with Gasteiger partial charge in [0, 0.05) is 37.7 Å². The van der Waals surface area contributed by atoms with Gasteiger partial charge in [0.1, 0.15) is 5.75 Å². The van der Waals surface area contributed by atoms with E-state index in [0.717, 1.165) is 31.5 Å². The molecular weight excluding hydrogens is 538 g/mol. The number of Topliss-reactive ketones (excluding diaryl/α,β-unsaturated/α-hetero) is 1. The molecule has 2 aliphatic rings. The van der Waals surface area contributed by atoms with Crippen molar-refractivity contribution in [2.75, 3.05) is 60.4 Å². The molecule has 2 aliphatic heterocycles. The minimum atomic E-state index is -0.253. The van der Waals surface area contributed by atoms with Crippen LogP contribution in [0.15, 0.2) is 18.2 Å². The number of likely N-dealkylation sites (tertiary alicyclic amines) is 1. The van der Waals surface area contributed by atoms with Gasteiger partial charge in [0.05, 0.1) is 56.4 Å². The Bertz CT molecular complexity index is 1210. The summed E-state index contributed by atoms with van der Waals surface area (Å²) >= 11 is 6.33. The highest BCUT2D eigenvalue weighted by molar-refractivity contribution is 6.33. The fourth-order valence-electron chi connectivity index (χ4n) is 5.39. The van der Waals surface area contributed by atoms with Crippen molar-refractivity contribution < 1.29 is 33.3 Å². The van der Waals surface area contributed by atoms with Gasteiger partial charge in [-0.1, -0.05) is 11.6 Å². The molecule has 1 amide bonds. The van der Waals surface area contributed by atoms with E-state index in [4.69, 9.17) is 41.0 Å². The molecule has 1 saturated heterocycles. The Morgan fingerprint density at radius 2 is 1.85 bits per heavy atom. The molecule has 0 aromatic heterocycles. The zero-order valence-electron chi connectivity index (χ0n) is 23.5. The number of fused-ring (bicyclic) bond motifs is 1. The van der Waals surface area contributed by atoms with Gasteiger partial charge in [-0.05, 0) is 50.4 Å².